The van der Waals surface area contributed by atoms with Crippen LogP contribution in [0.3, 0.4) is 0 Å². The molecule has 1 aliphatic heterocycles. The van der Waals surface area contributed by atoms with Crippen LogP contribution in [0.5, 0.6) is 5.75 Å². The maximum absolute atomic E-state index is 13.3. The van der Waals surface area contributed by atoms with Crippen molar-refractivity contribution in [2.75, 3.05) is 39.2 Å². The molecule has 4 rings (SSSR count). The molecule has 1 aliphatic carbocycles. The van der Waals surface area contributed by atoms with Crippen LogP contribution < -0.4 is 10.1 Å². The summed E-state index contributed by atoms with van der Waals surface area (Å²) >= 11 is 0. The van der Waals surface area contributed by atoms with E-state index in [1.165, 1.54) is 5.56 Å². The van der Waals surface area contributed by atoms with E-state index in [2.05, 4.69) is 29.0 Å². The maximum atomic E-state index is 13.3. The second kappa shape index (κ2) is 11.2. The van der Waals surface area contributed by atoms with Crippen molar-refractivity contribution in [1.82, 2.24) is 14.8 Å². The lowest BCUT2D eigenvalue weighted by Gasteiger charge is -2.36. The highest BCUT2D eigenvalue weighted by Crippen LogP contribution is 2.32. The van der Waals surface area contributed by atoms with E-state index in [1.54, 1.807) is 37.3 Å². The summed E-state index contributed by atoms with van der Waals surface area (Å²) in [5.74, 6) is 0.665. The average molecular weight is 481 g/mol. The Morgan fingerprint density at radius 3 is 2.60 bits per heavy atom. The van der Waals surface area contributed by atoms with Gasteiger partial charge in [0.25, 0.3) is 5.91 Å². The number of fused-ring (bicyclic) bond motifs is 1. The number of aromatic nitrogens is 1. The van der Waals surface area contributed by atoms with Gasteiger partial charge in [0.05, 0.1) is 11.7 Å². The van der Waals surface area contributed by atoms with Crippen LogP contribution in [0.1, 0.15) is 42.6 Å². The molecule has 35 heavy (non-hydrogen) atoms. The van der Waals surface area contributed by atoms with Gasteiger partial charge in [-0.1, -0.05) is 6.92 Å². The third-order valence-electron chi connectivity index (χ3n) is 6.93. The van der Waals surface area contributed by atoms with Crippen LogP contribution in [-0.2, 0) is 16.1 Å². The first-order valence-electron chi connectivity index (χ1n) is 12.3. The first-order chi connectivity index (χ1) is 16.9. The summed E-state index contributed by atoms with van der Waals surface area (Å²) in [5, 5.41) is 2.96. The molecule has 8 heteroatoms. The van der Waals surface area contributed by atoms with Crippen LogP contribution in [0.15, 0.2) is 42.7 Å². The van der Waals surface area contributed by atoms with Crippen LogP contribution in [0.25, 0.3) is 0 Å². The van der Waals surface area contributed by atoms with Crippen molar-refractivity contribution >= 4 is 17.5 Å². The van der Waals surface area contributed by atoms with Gasteiger partial charge in [-0.05, 0) is 55.5 Å². The summed E-state index contributed by atoms with van der Waals surface area (Å²) in [6, 6.07) is 9.41. The number of carbonyl (C=O) groups excluding carboxylic acids is 2. The van der Waals surface area contributed by atoms with Crippen molar-refractivity contribution in [1.29, 1.82) is 0 Å². The van der Waals surface area contributed by atoms with Crippen molar-refractivity contribution in [3.63, 3.8) is 0 Å². The zero-order chi connectivity index (χ0) is 24.9. The predicted octanol–water partition coefficient (Wildman–Crippen LogP) is 3.44. The number of methoxy groups -OCH3 is 1. The van der Waals surface area contributed by atoms with Gasteiger partial charge in [-0.15, -0.1) is 0 Å². The van der Waals surface area contributed by atoms with Crippen molar-refractivity contribution in [3.8, 4) is 5.75 Å². The molecule has 0 saturated heterocycles. The largest absolute Gasteiger partial charge is 0.491 e. The number of rotatable bonds is 5. The lowest BCUT2D eigenvalue weighted by atomic mass is 10.0. The minimum atomic E-state index is -0.129. The molecule has 1 fully saturated rings. The minimum Gasteiger partial charge on any atom is -0.491 e. The number of pyridine rings is 1. The summed E-state index contributed by atoms with van der Waals surface area (Å²) in [7, 11) is 3.49. The number of anilines is 1. The zero-order valence-corrected chi connectivity index (χ0v) is 21.1. The molecule has 188 valence electrons. The van der Waals surface area contributed by atoms with Gasteiger partial charge in [-0.25, -0.2) is 0 Å². The van der Waals surface area contributed by atoms with Crippen LogP contribution in [0, 0.1) is 11.8 Å². The summed E-state index contributed by atoms with van der Waals surface area (Å²) in [4.78, 5) is 33.8. The van der Waals surface area contributed by atoms with Crippen molar-refractivity contribution in [3.05, 3.63) is 53.9 Å². The molecule has 0 unspecified atom stereocenters. The van der Waals surface area contributed by atoms with E-state index < -0.39 is 0 Å². The molecule has 2 heterocycles. The van der Waals surface area contributed by atoms with Gasteiger partial charge < -0.3 is 19.7 Å². The summed E-state index contributed by atoms with van der Waals surface area (Å²) in [5.41, 5.74) is 2.30. The monoisotopic (exact) mass is 480 g/mol. The Balaban J connectivity index is 1.62. The van der Waals surface area contributed by atoms with Gasteiger partial charge in [0.2, 0.25) is 5.91 Å². The Morgan fingerprint density at radius 1 is 1.17 bits per heavy atom. The smallest absolute Gasteiger partial charge is 0.257 e. The van der Waals surface area contributed by atoms with Gasteiger partial charge in [-0.3, -0.25) is 19.5 Å². The number of benzene rings is 1. The van der Waals surface area contributed by atoms with E-state index in [0.717, 1.165) is 25.9 Å². The van der Waals surface area contributed by atoms with E-state index in [9.17, 15) is 9.59 Å². The van der Waals surface area contributed by atoms with Crippen LogP contribution in [0.2, 0.25) is 0 Å². The molecule has 1 aromatic carbocycles. The van der Waals surface area contributed by atoms with Gasteiger partial charge in [0.1, 0.15) is 12.4 Å². The number of carbonyl (C=O) groups is 2. The second-order valence-electron chi connectivity index (χ2n) is 9.86. The first kappa shape index (κ1) is 25.1. The third kappa shape index (κ3) is 6.38. The predicted molar refractivity (Wildman–Crippen MR) is 134 cm³/mol. The van der Waals surface area contributed by atoms with E-state index in [0.29, 0.717) is 30.2 Å². The quantitative estimate of drug-likeness (QED) is 0.706. The van der Waals surface area contributed by atoms with Crippen LogP contribution >= 0.6 is 0 Å². The van der Waals surface area contributed by atoms with Gasteiger partial charge in [0, 0.05) is 69.9 Å². The fourth-order valence-corrected chi connectivity index (χ4v) is 4.46. The van der Waals surface area contributed by atoms with Gasteiger partial charge in [0.15, 0.2) is 0 Å². The van der Waals surface area contributed by atoms with Gasteiger partial charge >= 0.3 is 0 Å². The Kier molecular flexibility index (Phi) is 8.03. The summed E-state index contributed by atoms with van der Waals surface area (Å²) < 4.78 is 12.1. The Bertz CT molecular complexity index is 1030. The number of likely N-dealkylation sites (N-methyl/N-ethyl adjacent to an activating group) is 1. The molecule has 1 saturated carbocycles. The van der Waals surface area contributed by atoms with Gasteiger partial charge in [-0.2, -0.15) is 0 Å². The molecule has 0 bridgehead atoms. The summed E-state index contributed by atoms with van der Waals surface area (Å²) in [6.07, 6.45) is 5.36. The number of hydrogen-bond acceptors (Lipinski definition) is 6. The SMILES string of the molecule is CO[C@@H]1CN(C)C(=O)c2ccc(NC(=O)C3CC3)cc2OC[C@H](C)N(Cc2ccncc2)C[C@@H]1C. The number of nitrogens with zero attached hydrogens (tertiary/aromatic N) is 3. The molecule has 2 aromatic rings. The topological polar surface area (TPSA) is 84.0 Å². The number of ether oxygens (including phenoxy) is 2. The molecular formula is C27H36N4O4. The number of amides is 2. The molecular weight excluding hydrogens is 444 g/mol. The molecule has 1 N–H and O–H groups in total. The molecule has 8 nitrogen and oxygen atoms in total. The Labute approximate surface area is 207 Å². The molecule has 2 aliphatic rings. The van der Waals surface area contributed by atoms with E-state index >= 15 is 0 Å². The van der Waals surface area contributed by atoms with Crippen molar-refractivity contribution in [2.24, 2.45) is 11.8 Å². The molecule has 0 radical (unpaired) electrons. The normalized spacial score (nSPS) is 24.1. The Hall–Kier alpha value is -2.97. The highest BCUT2D eigenvalue weighted by Gasteiger charge is 2.31. The molecule has 0 spiro atoms. The standard InChI is InChI=1S/C27H36N4O4/c1-18-14-31(15-20-9-11-28-12-10-20)19(2)17-35-24-13-22(29-26(32)21-5-6-21)7-8-23(24)27(33)30(3)16-25(18)34-4/h7-13,18-19,21,25H,5-6,14-17H2,1-4H3,(H,29,32)/t18-,19-,25+/m0/s1. The van der Waals surface area contributed by atoms with Crippen molar-refractivity contribution in [2.45, 2.75) is 45.4 Å². The Morgan fingerprint density at radius 2 is 1.91 bits per heavy atom. The number of nitrogens with one attached hydrogen (secondary N) is 1. The van der Waals surface area contributed by atoms with Crippen LogP contribution in [-0.4, -0.2) is 72.6 Å². The van der Waals surface area contributed by atoms with E-state index in [1.807, 2.05) is 24.5 Å². The van der Waals surface area contributed by atoms with Crippen molar-refractivity contribution < 1.29 is 19.1 Å². The lowest BCUT2D eigenvalue weighted by Crippen LogP contribution is -2.46. The summed E-state index contributed by atoms with van der Waals surface area (Å²) in [6.45, 7) is 6.71. The van der Waals surface area contributed by atoms with Crippen LogP contribution in [0.4, 0.5) is 5.69 Å². The molecule has 3 atom stereocenters. The first-order valence-corrected chi connectivity index (χ1v) is 12.3. The highest BCUT2D eigenvalue weighted by molar-refractivity contribution is 5.99. The highest BCUT2D eigenvalue weighted by atomic mass is 16.5. The fraction of sp³-hybridized carbons (Fsp3) is 0.519. The minimum absolute atomic E-state index is 0.0235. The fourth-order valence-electron chi connectivity index (χ4n) is 4.46. The van der Waals surface area contributed by atoms with E-state index in [4.69, 9.17) is 9.47 Å². The lowest BCUT2D eigenvalue weighted by molar-refractivity contribution is -0.117. The van der Waals surface area contributed by atoms with E-state index in [-0.39, 0.29) is 35.8 Å². The second-order valence-corrected chi connectivity index (χ2v) is 9.86. The molecule has 2 amide bonds. The molecule has 1 aromatic heterocycles. The number of hydrogen-bond donors (Lipinski definition) is 1. The zero-order valence-electron chi connectivity index (χ0n) is 21.1. The maximum Gasteiger partial charge on any atom is 0.257 e. The third-order valence-corrected chi connectivity index (χ3v) is 6.93. The average Bonchev–Trinajstić information content (AvgIpc) is 3.71.